The molecule has 0 unspecified atom stereocenters. The molecule has 2 aromatic carbocycles. The molecule has 34 heavy (non-hydrogen) atoms. The number of fused-ring (bicyclic) bond motifs is 2. The van der Waals surface area contributed by atoms with Crippen LogP contribution in [0.15, 0.2) is 36.5 Å². The van der Waals surface area contributed by atoms with Gasteiger partial charge in [0.05, 0.1) is 30.3 Å². The summed E-state index contributed by atoms with van der Waals surface area (Å²) in [6.45, 7) is 1.37. The Labute approximate surface area is 195 Å². The van der Waals surface area contributed by atoms with Gasteiger partial charge in [-0.2, -0.15) is 5.10 Å². The number of nitrogens with one attached hydrogen (secondary N) is 1. The number of carboxylic acids is 1. The number of methoxy groups -OCH3 is 1. The molecule has 8 heteroatoms. The molecule has 2 N–H and O–H groups in total. The van der Waals surface area contributed by atoms with Gasteiger partial charge >= 0.3 is 5.97 Å². The van der Waals surface area contributed by atoms with Gasteiger partial charge in [0.1, 0.15) is 0 Å². The molecule has 0 amide bonds. The second-order valence-corrected chi connectivity index (χ2v) is 9.37. The lowest BCUT2D eigenvalue weighted by Gasteiger charge is -2.35. The zero-order valence-electron chi connectivity index (χ0n) is 18.9. The summed E-state index contributed by atoms with van der Waals surface area (Å²) < 4.78 is 27.5. The Balaban J connectivity index is 1.64. The SMILES string of the molecule is COc1cc(-n2c(C3CCOCC3)c(C3CC(C(=O)O)C3)c3cc4[nH]ncc4cc32)ccc1F. The minimum absolute atomic E-state index is 0.158. The van der Waals surface area contributed by atoms with Gasteiger partial charge in [0, 0.05) is 47.4 Å². The first kappa shape index (κ1) is 21.2. The summed E-state index contributed by atoms with van der Waals surface area (Å²) in [5, 5.41) is 18.9. The number of ether oxygens (including phenoxy) is 2. The van der Waals surface area contributed by atoms with Crippen molar-refractivity contribution in [3.8, 4) is 11.4 Å². The fourth-order valence-electron chi connectivity index (χ4n) is 5.69. The minimum Gasteiger partial charge on any atom is -0.494 e. The number of halogens is 1. The van der Waals surface area contributed by atoms with Crippen molar-refractivity contribution in [1.29, 1.82) is 0 Å². The number of carboxylic acid groups (broad SMARTS) is 1. The van der Waals surface area contributed by atoms with Crippen molar-refractivity contribution >= 4 is 27.8 Å². The van der Waals surface area contributed by atoms with Crippen molar-refractivity contribution in [3.05, 3.63) is 53.6 Å². The predicted molar refractivity (Wildman–Crippen MR) is 125 cm³/mol. The zero-order valence-corrected chi connectivity index (χ0v) is 18.9. The van der Waals surface area contributed by atoms with Gasteiger partial charge in [-0.05, 0) is 61.4 Å². The summed E-state index contributed by atoms with van der Waals surface area (Å²) in [7, 11) is 1.47. The Kier molecular flexibility index (Phi) is 5.06. The number of rotatable bonds is 5. The quantitative estimate of drug-likeness (QED) is 0.429. The third-order valence-electron chi connectivity index (χ3n) is 7.50. The van der Waals surface area contributed by atoms with E-state index < -0.39 is 11.8 Å². The van der Waals surface area contributed by atoms with E-state index in [4.69, 9.17) is 9.47 Å². The molecule has 1 aliphatic heterocycles. The third kappa shape index (κ3) is 3.27. The van der Waals surface area contributed by atoms with E-state index in [9.17, 15) is 14.3 Å². The van der Waals surface area contributed by atoms with E-state index in [1.807, 2.05) is 0 Å². The van der Waals surface area contributed by atoms with Crippen LogP contribution in [0.25, 0.3) is 27.5 Å². The molecular formula is C26H26FN3O4. The Morgan fingerprint density at radius 3 is 2.74 bits per heavy atom. The van der Waals surface area contributed by atoms with E-state index in [0.717, 1.165) is 40.3 Å². The van der Waals surface area contributed by atoms with Crippen LogP contribution in [0.1, 0.15) is 48.8 Å². The first-order chi connectivity index (χ1) is 16.5. The topological polar surface area (TPSA) is 89.4 Å². The van der Waals surface area contributed by atoms with Gasteiger partial charge in [-0.15, -0.1) is 0 Å². The van der Waals surface area contributed by atoms with Crippen molar-refractivity contribution in [2.24, 2.45) is 5.92 Å². The highest BCUT2D eigenvalue weighted by molar-refractivity contribution is 5.99. The van der Waals surface area contributed by atoms with Gasteiger partial charge in [-0.3, -0.25) is 9.89 Å². The van der Waals surface area contributed by atoms with E-state index in [-0.39, 0.29) is 23.5 Å². The van der Waals surface area contributed by atoms with Crippen molar-refractivity contribution in [2.75, 3.05) is 20.3 Å². The van der Waals surface area contributed by atoms with Crippen LogP contribution in [0.3, 0.4) is 0 Å². The van der Waals surface area contributed by atoms with Gasteiger partial charge in [-0.25, -0.2) is 4.39 Å². The number of aromatic nitrogens is 3. The number of aromatic amines is 1. The van der Waals surface area contributed by atoms with Crippen LogP contribution >= 0.6 is 0 Å². The molecular weight excluding hydrogens is 437 g/mol. The van der Waals surface area contributed by atoms with Gasteiger partial charge in [0.15, 0.2) is 11.6 Å². The normalized spacial score (nSPS) is 21.1. The molecule has 1 saturated heterocycles. The van der Waals surface area contributed by atoms with Crippen molar-refractivity contribution < 1.29 is 23.8 Å². The number of H-pyrrole nitrogens is 1. The average Bonchev–Trinajstić information content (AvgIpc) is 3.39. The lowest BCUT2D eigenvalue weighted by molar-refractivity contribution is -0.145. The second kappa shape index (κ2) is 8.13. The van der Waals surface area contributed by atoms with E-state index in [2.05, 4.69) is 26.9 Å². The average molecular weight is 464 g/mol. The highest BCUT2D eigenvalue weighted by Gasteiger charge is 2.40. The summed E-state index contributed by atoms with van der Waals surface area (Å²) in [6.07, 6.45) is 4.82. The second-order valence-electron chi connectivity index (χ2n) is 9.37. The van der Waals surface area contributed by atoms with Gasteiger partial charge in [-0.1, -0.05) is 0 Å². The largest absolute Gasteiger partial charge is 0.494 e. The number of carbonyl (C=O) groups is 1. The molecule has 0 spiro atoms. The lowest BCUT2D eigenvalue weighted by Crippen LogP contribution is -2.30. The van der Waals surface area contributed by atoms with Crippen LogP contribution in [-0.2, 0) is 9.53 Å². The Hall–Kier alpha value is -3.39. The molecule has 6 rings (SSSR count). The van der Waals surface area contributed by atoms with Gasteiger partial charge in [0.2, 0.25) is 0 Å². The van der Waals surface area contributed by atoms with Crippen LogP contribution in [0.4, 0.5) is 4.39 Å². The van der Waals surface area contributed by atoms with Crippen LogP contribution < -0.4 is 4.74 Å². The first-order valence-corrected chi connectivity index (χ1v) is 11.7. The van der Waals surface area contributed by atoms with Crippen LogP contribution in [0, 0.1) is 11.7 Å². The summed E-state index contributed by atoms with van der Waals surface area (Å²) >= 11 is 0. The standard InChI is InChI=1S/C26H26FN3O4/c1-33-23-11-18(2-3-20(23)27)30-22-10-17-13-28-29-21(17)12-19(22)24(15-8-16(9-15)26(31)32)25(30)14-4-6-34-7-5-14/h2-3,10-16H,4-9H2,1H3,(H,28,29)(H,31,32). The van der Waals surface area contributed by atoms with Gasteiger partial charge < -0.3 is 19.1 Å². The highest BCUT2D eigenvalue weighted by atomic mass is 19.1. The molecule has 4 aromatic rings. The van der Waals surface area contributed by atoms with E-state index >= 15 is 0 Å². The molecule has 2 aromatic heterocycles. The van der Waals surface area contributed by atoms with E-state index in [1.165, 1.54) is 24.4 Å². The highest BCUT2D eigenvalue weighted by Crippen LogP contribution is 2.50. The first-order valence-electron chi connectivity index (χ1n) is 11.7. The van der Waals surface area contributed by atoms with E-state index in [0.29, 0.717) is 26.1 Å². The number of aliphatic carboxylic acids is 1. The van der Waals surface area contributed by atoms with Crippen LogP contribution in [0.2, 0.25) is 0 Å². The molecule has 1 aliphatic carbocycles. The predicted octanol–water partition coefficient (Wildman–Crippen LogP) is 5.13. The van der Waals surface area contributed by atoms with Crippen LogP contribution in [-0.4, -0.2) is 46.2 Å². The molecule has 3 heterocycles. The van der Waals surface area contributed by atoms with Crippen LogP contribution in [0.5, 0.6) is 5.75 Å². The minimum atomic E-state index is -0.730. The van der Waals surface area contributed by atoms with E-state index in [1.54, 1.807) is 18.3 Å². The summed E-state index contributed by atoms with van der Waals surface area (Å²) in [6, 6.07) is 9.20. The van der Waals surface area contributed by atoms with Crippen molar-refractivity contribution in [2.45, 2.75) is 37.5 Å². The Bertz CT molecular complexity index is 1400. The monoisotopic (exact) mass is 463 g/mol. The fourth-order valence-corrected chi connectivity index (χ4v) is 5.69. The van der Waals surface area contributed by atoms with Gasteiger partial charge in [0.25, 0.3) is 0 Å². The molecule has 2 fully saturated rings. The zero-order chi connectivity index (χ0) is 23.4. The number of nitrogens with zero attached hydrogens (tertiary/aromatic N) is 2. The third-order valence-corrected chi connectivity index (χ3v) is 7.50. The maximum absolute atomic E-state index is 14.3. The number of hydrogen-bond acceptors (Lipinski definition) is 4. The lowest BCUT2D eigenvalue weighted by atomic mass is 9.69. The molecule has 0 bridgehead atoms. The number of benzene rings is 2. The molecule has 7 nitrogen and oxygen atoms in total. The smallest absolute Gasteiger partial charge is 0.306 e. The summed E-state index contributed by atoms with van der Waals surface area (Å²) in [5.41, 5.74) is 5.17. The van der Waals surface area contributed by atoms with Crippen molar-refractivity contribution in [1.82, 2.24) is 14.8 Å². The summed E-state index contributed by atoms with van der Waals surface area (Å²) in [5.74, 6) is -0.841. The fraction of sp³-hybridized carbons (Fsp3) is 0.385. The number of hydrogen-bond donors (Lipinski definition) is 2. The Morgan fingerprint density at radius 2 is 2.00 bits per heavy atom. The molecule has 176 valence electrons. The molecule has 0 radical (unpaired) electrons. The maximum Gasteiger partial charge on any atom is 0.306 e. The maximum atomic E-state index is 14.3. The summed E-state index contributed by atoms with van der Waals surface area (Å²) in [4.78, 5) is 11.6. The molecule has 2 aliphatic rings. The molecule has 0 atom stereocenters. The molecule has 1 saturated carbocycles. The van der Waals surface area contributed by atoms with Crippen molar-refractivity contribution in [3.63, 3.8) is 0 Å². The Morgan fingerprint density at radius 1 is 1.21 bits per heavy atom.